The van der Waals surface area contributed by atoms with E-state index in [4.69, 9.17) is 9.97 Å². The Morgan fingerprint density at radius 3 is 2.45 bits per heavy atom. The van der Waals surface area contributed by atoms with Gasteiger partial charge < -0.3 is 9.80 Å². The van der Waals surface area contributed by atoms with Crippen LogP contribution in [0, 0.1) is 23.1 Å². The van der Waals surface area contributed by atoms with Crippen LogP contribution < -0.4 is 4.90 Å². The molecule has 1 aliphatic rings. The molecule has 42 heavy (non-hydrogen) atoms. The number of hydrogen-bond acceptors (Lipinski definition) is 8. The van der Waals surface area contributed by atoms with Crippen molar-refractivity contribution >= 4 is 33.8 Å². The van der Waals surface area contributed by atoms with Gasteiger partial charge in [0, 0.05) is 55.4 Å². The second-order valence-corrected chi connectivity index (χ2v) is 11.3. The van der Waals surface area contributed by atoms with Crippen LogP contribution >= 0.6 is 11.3 Å². The van der Waals surface area contributed by atoms with Crippen molar-refractivity contribution in [1.82, 2.24) is 29.2 Å². The molecule has 1 saturated heterocycles. The number of amides is 1. The van der Waals surface area contributed by atoms with Crippen molar-refractivity contribution in [2.24, 2.45) is 5.92 Å². The number of likely N-dealkylation sites (tertiary alicyclic amines) is 1. The van der Waals surface area contributed by atoms with Gasteiger partial charge in [-0.3, -0.25) is 9.20 Å². The molecule has 6 rings (SSSR count). The molecule has 5 heterocycles. The zero-order valence-corrected chi connectivity index (χ0v) is 24.4. The molecule has 0 saturated carbocycles. The number of fused-ring (bicyclic) bond motifs is 1. The predicted octanol–water partition coefficient (Wildman–Crippen LogP) is 5.67. The van der Waals surface area contributed by atoms with Gasteiger partial charge in [-0.15, -0.1) is 0 Å². The monoisotopic (exact) mass is 580 g/mol. The molecule has 11 heteroatoms. The van der Waals surface area contributed by atoms with E-state index < -0.39 is 0 Å². The fourth-order valence-corrected chi connectivity index (χ4v) is 5.99. The van der Waals surface area contributed by atoms with E-state index >= 15 is 0 Å². The van der Waals surface area contributed by atoms with Gasteiger partial charge in [0.25, 0.3) is 0 Å². The molecule has 0 bridgehead atoms. The maximum atomic E-state index is 13.5. The topological polar surface area (TPSA) is 103 Å². The lowest BCUT2D eigenvalue weighted by Gasteiger charge is -2.38. The number of benzene rings is 1. The summed E-state index contributed by atoms with van der Waals surface area (Å²) < 4.78 is 15.5. The van der Waals surface area contributed by atoms with Gasteiger partial charge in [0.1, 0.15) is 39.7 Å². The maximum Gasteiger partial charge on any atom is 0.230 e. The third kappa shape index (κ3) is 5.10. The predicted molar refractivity (Wildman–Crippen MR) is 160 cm³/mol. The summed E-state index contributed by atoms with van der Waals surface area (Å²) in [5.41, 5.74) is 4.58. The van der Waals surface area contributed by atoms with Gasteiger partial charge in [0.05, 0.1) is 12.1 Å². The van der Waals surface area contributed by atoms with Crippen LogP contribution in [0.1, 0.15) is 36.7 Å². The number of carbonyl (C=O) groups excluding carboxylic acids is 1. The SMILES string of the molecule is CCc1nc2ccc(-c3cnc(CC(=O)N4CC(CC)C4)nc3)cn2c1N(C)c1nc(-c2ccc(F)cc2)c(C#N)s1. The van der Waals surface area contributed by atoms with Crippen LogP contribution in [-0.2, 0) is 17.6 Å². The first-order chi connectivity index (χ1) is 20.4. The summed E-state index contributed by atoms with van der Waals surface area (Å²) in [6.45, 7) is 5.83. The summed E-state index contributed by atoms with van der Waals surface area (Å²) in [7, 11) is 1.90. The van der Waals surface area contributed by atoms with Gasteiger partial charge >= 0.3 is 0 Å². The molecule has 1 aromatic carbocycles. The number of nitrogens with zero attached hydrogens (tertiary/aromatic N) is 8. The van der Waals surface area contributed by atoms with Crippen molar-refractivity contribution in [3.8, 4) is 28.5 Å². The second kappa shape index (κ2) is 11.3. The van der Waals surface area contributed by atoms with Gasteiger partial charge in [-0.25, -0.2) is 24.3 Å². The van der Waals surface area contributed by atoms with Crippen LogP contribution in [0.15, 0.2) is 55.0 Å². The highest BCUT2D eigenvalue weighted by atomic mass is 32.1. The standard InChI is InChI=1S/C31H29FN8OS/c1-4-19-16-39(17-19)28(41)12-26-34-14-22(15-35-26)21-8-11-27-36-24(5-2)30(40(27)18-21)38(3)31-37-29(25(13-33)42-31)20-6-9-23(32)10-7-20/h6-11,14-15,18-19H,4-5,12,16-17H2,1-3H3. The second-order valence-electron chi connectivity index (χ2n) is 10.4. The van der Waals surface area contributed by atoms with Crippen molar-refractivity contribution in [2.45, 2.75) is 33.1 Å². The normalized spacial score (nSPS) is 13.3. The lowest BCUT2D eigenvalue weighted by molar-refractivity contribution is -0.136. The molecule has 0 spiro atoms. The van der Waals surface area contributed by atoms with E-state index in [1.54, 1.807) is 24.5 Å². The molecule has 4 aromatic heterocycles. The number of pyridine rings is 1. The van der Waals surface area contributed by atoms with Crippen LogP contribution in [0.2, 0.25) is 0 Å². The minimum absolute atomic E-state index is 0.0661. The summed E-state index contributed by atoms with van der Waals surface area (Å²) in [4.78, 5) is 35.4. The van der Waals surface area contributed by atoms with Crippen molar-refractivity contribution < 1.29 is 9.18 Å². The largest absolute Gasteiger partial charge is 0.342 e. The zero-order chi connectivity index (χ0) is 29.4. The molecule has 1 fully saturated rings. The molecular weight excluding hydrogens is 551 g/mol. The van der Waals surface area contributed by atoms with Gasteiger partial charge in [-0.2, -0.15) is 5.26 Å². The highest BCUT2D eigenvalue weighted by Gasteiger charge is 2.29. The first kappa shape index (κ1) is 27.5. The molecular formula is C31H29FN8OS. The molecule has 0 atom stereocenters. The maximum absolute atomic E-state index is 13.5. The number of nitriles is 1. The third-order valence-corrected chi connectivity index (χ3v) is 8.71. The van der Waals surface area contributed by atoms with E-state index in [9.17, 15) is 14.4 Å². The Morgan fingerprint density at radius 2 is 1.79 bits per heavy atom. The first-order valence-electron chi connectivity index (χ1n) is 13.9. The number of anilines is 2. The summed E-state index contributed by atoms with van der Waals surface area (Å²) >= 11 is 1.28. The summed E-state index contributed by atoms with van der Waals surface area (Å²) in [5, 5.41) is 10.4. The van der Waals surface area contributed by atoms with Gasteiger partial charge in [-0.1, -0.05) is 25.2 Å². The smallest absolute Gasteiger partial charge is 0.230 e. The first-order valence-corrected chi connectivity index (χ1v) is 14.7. The molecule has 0 aliphatic carbocycles. The number of aryl methyl sites for hydroxylation is 1. The number of thiazole rings is 1. The van der Waals surface area contributed by atoms with Crippen LogP contribution in [0.3, 0.4) is 0 Å². The number of hydrogen-bond donors (Lipinski definition) is 0. The van der Waals surface area contributed by atoms with E-state index in [1.807, 2.05) is 46.5 Å². The van der Waals surface area contributed by atoms with Crippen LogP contribution in [0.5, 0.6) is 0 Å². The number of carbonyl (C=O) groups is 1. The molecule has 5 aromatic rings. The third-order valence-electron chi connectivity index (χ3n) is 7.67. The quantitative estimate of drug-likeness (QED) is 0.233. The van der Waals surface area contributed by atoms with Crippen molar-refractivity contribution in [2.75, 3.05) is 25.0 Å². The Bertz CT molecular complexity index is 1800. The average Bonchev–Trinajstić information content (AvgIpc) is 3.58. The fourth-order valence-electron chi connectivity index (χ4n) is 5.14. The van der Waals surface area contributed by atoms with Gasteiger partial charge in [0.2, 0.25) is 5.91 Å². The molecule has 0 unspecified atom stereocenters. The highest BCUT2D eigenvalue weighted by Crippen LogP contribution is 2.37. The van der Waals surface area contributed by atoms with Crippen LogP contribution in [0.25, 0.3) is 28.0 Å². The highest BCUT2D eigenvalue weighted by molar-refractivity contribution is 7.16. The van der Waals surface area contributed by atoms with Gasteiger partial charge in [0.15, 0.2) is 5.13 Å². The zero-order valence-electron chi connectivity index (χ0n) is 23.6. The number of imidazole rings is 1. The van der Waals surface area contributed by atoms with E-state index in [1.165, 1.54) is 23.5 Å². The van der Waals surface area contributed by atoms with E-state index in [0.29, 0.717) is 39.4 Å². The minimum atomic E-state index is -0.343. The molecule has 1 aliphatic heterocycles. The molecule has 0 radical (unpaired) electrons. The van der Waals surface area contributed by atoms with Crippen LogP contribution in [0.4, 0.5) is 15.3 Å². The molecule has 9 nitrogen and oxygen atoms in total. The fraction of sp³-hybridized carbons (Fsp3) is 0.290. The molecule has 1 amide bonds. The number of aromatic nitrogens is 5. The molecule has 0 N–H and O–H groups in total. The summed E-state index contributed by atoms with van der Waals surface area (Å²) in [5.74, 6) is 1.67. The van der Waals surface area contributed by atoms with E-state index in [2.05, 4.69) is 23.0 Å². The number of rotatable bonds is 8. The lowest BCUT2D eigenvalue weighted by atomic mass is 9.97. The van der Waals surface area contributed by atoms with Gasteiger partial charge in [-0.05, 0) is 55.2 Å². The Balaban J connectivity index is 1.29. The minimum Gasteiger partial charge on any atom is -0.342 e. The van der Waals surface area contributed by atoms with Crippen molar-refractivity contribution in [3.63, 3.8) is 0 Å². The van der Waals surface area contributed by atoms with E-state index in [0.717, 1.165) is 47.8 Å². The lowest BCUT2D eigenvalue weighted by Crippen LogP contribution is -2.50. The summed E-state index contributed by atoms with van der Waals surface area (Å²) in [6.07, 6.45) is 7.47. The van der Waals surface area contributed by atoms with Crippen molar-refractivity contribution in [3.05, 3.63) is 77.2 Å². The Kier molecular flexibility index (Phi) is 7.39. The Labute approximate surface area is 246 Å². The van der Waals surface area contributed by atoms with E-state index in [-0.39, 0.29) is 18.1 Å². The molecule has 212 valence electrons. The number of halogens is 1. The summed E-state index contributed by atoms with van der Waals surface area (Å²) in [6, 6.07) is 12.1. The Morgan fingerprint density at radius 1 is 1.07 bits per heavy atom. The Hall–Kier alpha value is -4.69. The van der Waals surface area contributed by atoms with Crippen LogP contribution in [-0.4, -0.2) is 55.3 Å². The van der Waals surface area contributed by atoms with Crippen molar-refractivity contribution in [1.29, 1.82) is 5.26 Å². The average molecular weight is 581 g/mol.